The van der Waals surface area contributed by atoms with E-state index in [-0.39, 0.29) is 11.3 Å². The number of carbonyl (C=O) groups excluding carboxylic acids is 2. The third kappa shape index (κ3) is 4.43. The number of aromatic nitrogens is 2. The molecule has 1 aromatic heterocycles. The molecular weight excluding hydrogens is 358 g/mol. The van der Waals surface area contributed by atoms with Crippen LogP contribution in [0.4, 0.5) is 5.69 Å². The lowest BCUT2D eigenvalue weighted by atomic mass is 10.1. The van der Waals surface area contributed by atoms with Crippen molar-refractivity contribution in [3.05, 3.63) is 70.6 Å². The molecule has 7 nitrogen and oxygen atoms in total. The summed E-state index contributed by atoms with van der Waals surface area (Å²) < 4.78 is 6.42. The maximum absolute atomic E-state index is 12.6. The van der Waals surface area contributed by atoms with Gasteiger partial charge < -0.3 is 10.1 Å². The summed E-state index contributed by atoms with van der Waals surface area (Å²) in [5.74, 6) is -1.20. The maximum atomic E-state index is 12.6. The molecule has 144 valence electrons. The predicted octanol–water partition coefficient (Wildman–Crippen LogP) is 2.99. The van der Waals surface area contributed by atoms with E-state index in [1.807, 2.05) is 13.0 Å². The second-order valence-electron chi connectivity index (χ2n) is 6.27. The molecule has 0 spiro atoms. The Morgan fingerprint density at radius 2 is 1.71 bits per heavy atom. The third-order valence-corrected chi connectivity index (χ3v) is 4.18. The Morgan fingerprint density at radius 1 is 1.04 bits per heavy atom. The number of ether oxygens (including phenoxy) is 1. The normalized spacial score (nSPS) is 10.6. The van der Waals surface area contributed by atoms with E-state index >= 15 is 0 Å². The lowest BCUT2D eigenvalue weighted by Gasteiger charge is -2.11. The van der Waals surface area contributed by atoms with Gasteiger partial charge in [-0.3, -0.25) is 9.59 Å². The molecule has 3 rings (SSSR count). The Morgan fingerprint density at radius 3 is 2.43 bits per heavy atom. The Kier molecular flexibility index (Phi) is 6.16. The molecule has 0 saturated carbocycles. The van der Waals surface area contributed by atoms with E-state index in [2.05, 4.69) is 10.4 Å². The fourth-order valence-corrected chi connectivity index (χ4v) is 2.76. The fourth-order valence-electron chi connectivity index (χ4n) is 2.76. The SMILES string of the molecule is CCCCn1nc(C(=O)OCC(=O)Nc2ccccc2)c2ccccc2c1=O. The topological polar surface area (TPSA) is 90.3 Å². The first kappa shape index (κ1) is 19.3. The number of fused-ring (bicyclic) bond motifs is 1. The molecule has 0 radical (unpaired) electrons. The van der Waals surface area contributed by atoms with Gasteiger partial charge in [-0.25, -0.2) is 9.48 Å². The molecule has 0 atom stereocenters. The molecular formula is C21H21N3O4. The number of aryl methyl sites for hydroxylation is 1. The summed E-state index contributed by atoms with van der Waals surface area (Å²) in [4.78, 5) is 37.1. The quantitative estimate of drug-likeness (QED) is 0.638. The second-order valence-corrected chi connectivity index (χ2v) is 6.27. The molecule has 0 aliphatic carbocycles. The highest BCUT2D eigenvalue weighted by atomic mass is 16.5. The van der Waals surface area contributed by atoms with E-state index in [9.17, 15) is 14.4 Å². The molecule has 1 N–H and O–H groups in total. The molecule has 0 fully saturated rings. The van der Waals surface area contributed by atoms with Gasteiger partial charge in [-0.1, -0.05) is 49.7 Å². The first-order valence-corrected chi connectivity index (χ1v) is 9.12. The van der Waals surface area contributed by atoms with Crippen LogP contribution in [0.25, 0.3) is 10.8 Å². The van der Waals surface area contributed by atoms with Crippen molar-refractivity contribution in [2.75, 3.05) is 11.9 Å². The van der Waals surface area contributed by atoms with Gasteiger partial charge in [0.1, 0.15) is 0 Å². The number of para-hydroxylation sites is 1. The van der Waals surface area contributed by atoms with Gasteiger partial charge in [0.15, 0.2) is 12.3 Å². The van der Waals surface area contributed by atoms with Crippen LogP contribution in [0.1, 0.15) is 30.3 Å². The van der Waals surface area contributed by atoms with E-state index in [0.717, 1.165) is 12.8 Å². The Balaban J connectivity index is 1.79. The van der Waals surface area contributed by atoms with Crippen LogP contribution in [0, 0.1) is 0 Å². The van der Waals surface area contributed by atoms with Crippen molar-refractivity contribution in [3.8, 4) is 0 Å². The monoisotopic (exact) mass is 379 g/mol. The van der Waals surface area contributed by atoms with Crippen LogP contribution in [-0.2, 0) is 16.1 Å². The number of anilines is 1. The van der Waals surface area contributed by atoms with Crippen molar-refractivity contribution < 1.29 is 14.3 Å². The van der Waals surface area contributed by atoms with Gasteiger partial charge in [0.25, 0.3) is 11.5 Å². The van der Waals surface area contributed by atoms with E-state index in [4.69, 9.17) is 4.74 Å². The molecule has 28 heavy (non-hydrogen) atoms. The van der Waals surface area contributed by atoms with Gasteiger partial charge in [0.05, 0.1) is 5.39 Å². The van der Waals surface area contributed by atoms with Gasteiger partial charge in [0.2, 0.25) is 0 Å². The molecule has 2 aromatic carbocycles. The van der Waals surface area contributed by atoms with Crippen LogP contribution >= 0.6 is 0 Å². The number of hydrogen-bond donors (Lipinski definition) is 1. The number of hydrogen-bond acceptors (Lipinski definition) is 5. The highest BCUT2D eigenvalue weighted by Crippen LogP contribution is 2.14. The molecule has 0 unspecified atom stereocenters. The zero-order chi connectivity index (χ0) is 19.9. The van der Waals surface area contributed by atoms with Crippen molar-refractivity contribution in [1.82, 2.24) is 9.78 Å². The average Bonchev–Trinajstić information content (AvgIpc) is 2.72. The third-order valence-electron chi connectivity index (χ3n) is 4.18. The smallest absolute Gasteiger partial charge is 0.359 e. The van der Waals surface area contributed by atoms with Crippen molar-refractivity contribution >= 4 is 28.3 Å². The number of unbranched alkanes of at least 4 members (excludes halogenated alkanes) is 1. The number of nitrogens with one attached hydrogen (secondary N) is 1. The van der Waals surface area contributed by atoms with Crippen LogP contribution in [0.3, 0.4) is 0 Å². The number of nitrogens with zero attached hydrogens (tertiary/aromatic N) is 2. The Labute approximate surface area is 161 Å². The number of benzene rings is 2. The molecule has 0 bridgehead atoms. The Bertz CT molecular complexity index is 1040. The highest BCUT2D eigenvalue weighted by Gasteiger charge is 2.19. The zero-order valence-electron chi connectivity index (χ0n) is 15.6. The number of esters is 1. The van der Waals surface area contributed by atoms with E-state index < -0.39 is 18.5 Å². The lowest BCUT2D eigenvalue weighted by Crippen LogP contribution is -2.27. The summed E-state index contributed by atoms with van der Waals surface area (Å²) in [5, 5.41) is 7.65. The molecule has 0 aliphatic rings. The molecule has 1 heterocycles. The fraction of sp³-hybridized carbons (Fsp3) is 0.238. The first-order valence-electron chi connectivity index (χ1n) is 9.12. The van der Waals surface area contributed by atoms with Crippen LogP contribution in [0.2, 0.25) is 0 Å². The van der Waals surface area contributed by atoms with Crippen molar-refractivity contribution in [1.29, 1.82) is 0 Å². The van der Waals surface area contributed by atoms with Crippen molar-refractivity contribution in [2.45, 2.75) is 26.3 Å². The van der Waals surface area contributed by atoms with Crippen LogP contribution in [0.15, 0.2) is 59.4 Å². The summed E-state index contributed by atoms with van der Waals surface area (Å²) in [6, 6.07) is 15.6. The lowest BCUT2D eigenvalue weighted by molar-refractivity contribution is -0.119. The summed E-state index contributed by atoms with van der Waals surface area (Å²) >= 11 is 0. The number of carbonyl (C=O) groups is 2. The minimum atomic E-state index is -0.746. The van der Waals surface area contributed by atoms with E-state index in [1.165, 1.54) is 4.68 Å². The standard InChI is InChI=1S/C21H21N3O4/c1-2-3-13-24-20(26)17-12-8-7-11-16(17)19(23-24)21(27)28-14-18(25)22-15-9-5-4-6-10-15/h4-12H,2-3,13-14H2,1H3,(H,22,25). The summed E-state index contributed by atoms with van der Waals surface area (Å²) in [6.45, 7) is 1.97. The zero-order valence-corrected chi connectivity index (χ0v) is 15.6. The van der Waals surface area contributed by atoms with Gasteiger partial charge in [0, 0.05) is 17.6 Å². The number of rotatable bonds is 7. The van der Waals surface area contributed by atoms with Crippen LogP contribution < -0.4 is 10.9 Å². The molecule has 0 aliphatic heterocycles. The van der Waals surface area contributed by atoms with Gasteiger partial charge in [-0.2, -0.15) is 5.10 Å². The molecule has 0 saturated heterocycles. The van der Waals surface area contributed by atoms with Gasteiger partial charge in [-0.05, 0) is 24.6 Å². The summed E-state index contributed by atoms with van der Waals surface area (Å²) in [7, 11) is 0. The van der Waals surface area contributed by atoms with Crippen LogP contribution in [-0.4, -0.2) is 28.3 Å². The minimum Gasteiger partial charge on any atom is -0.451 e. The van der Waals surface area contributed by atoms with Crippen LogP contribution in [0.5, 0.6) is 0 Å². The maximum Gasteiger partial charge on any atom is 0.359 e. The minimum absolute atomic E-state index is 0.0267. The highest BCUT2D eigenvalue weighted by molar-refractivity contribution is 6.03. The molecule has 1 amide bonds. The summed E-state index contributed by atoms with van der Waals surface area (Å²) in [5.41, 5.74) is 0.390. The van der Waals surface area contributed by atoms with Crippen molar-refractivity contribution in [2.24, 2.45) is 0 Å². The largest absolute Gasteiger partial charge is 0.451 e. The first-order chi connectivity index (χ1) is 13.6. The van der Waals surface area contributed by atoms with E-state index in [1.54, 1.807) is 48.5 Å². The molecule has 7 heteroatoms. The number of amides is 1. The van der Waals surface area contributed by atoms with Gasteiger partial charge >= 0.3 is 5.97 Å². The van der Waals surface area contributed by atoms with Crippen molar-refractivity contribution in [3.63, 3.8) is 0 Å². The summed E-state index contributed by atoms with van der Waals surface area (Å²) in [6.07, 6.45) is 1.65. The molecule has 3 aromatic rings. The average molecular weight is 379 g/mol. The Hall–Kier alpha value is -3.48. The predicted molar refractivity (Wildman–Crippen MR) is 106 cm³/mol. The second kappa shape index (κ2) is 8.94. The van der Waals surface area contributed by atoms with E-state index in [0.29, 0.717) is 23.0 Å². The van der Waals surface area contributed by atoms with Gasteiger partial charge in [-0.15, -0.1) is 0 Å².